The van der Waals surface area contributed by atoms with E-state index < -0.39 is 11.9 Å². The summed E-state index contributed by atoms with van der Waals surface area (Å²) in [7, 11) is 0. The normalized spacial score (nSPS) is 18.9. The third-order valence-electron chi connectivity index (χ3n) is 4.71. The van der Waals surface area contributed by atoms with Crippen LogP contribution in [-0.4, -0.2) is 18.4 Å². The van der Waals surface area contributed by atoms with Crippen LogP contribution in [0.5, 0.6) is 5.75 Å². The van der Waals surface area contributed by atoms with Gasteiger partial charge in [0.15, 0.2) is 5.75 Å². The molecule has 8 heteroatoms. The highest BCUT2D eigenvalue weighted by Gasteiger charge is 2.38. The van der Waals surface area contributed by atoms with Gasteiger partial charge in [0.05, 0.1) is 11.4 Å². The smallest absolute Gasteiger partial charge is 0.404 e. The fraction of sp³-hybridized carbons (Fsp3) is 0.263. The first-order valence-corrected chi connectivity index (χ1v) is 8.75. The number of aryl methyl sites for hydroxylation is 1. The van der Waals surface area contributed by atoms with Gasteiger partial charge in [-0.15, -0.1) is 13.2 Å². The van der Waals surface area contributed by atoms with Crippen LogP contribution in [0.3, 0.4) is 0 Å². The molecule has 0 aliphatic carbocycles. The van der Waals surface area contributed by atoms with Crippen molar-refractivity contribution in [3.8, 4) is 5.75 Å². The minimum absolute atomic E-state index is 0.195. The molecule has 2 aliphatic heterocycles. The van der Waals surface area contributed by atoms with Gasteiger partial charge in [0.1, 0.15) is 11.3 Å². The molecule has 0 saturated carbocycles. The Morgan fingerprint density at radius 1 is 1.22 bits per heavy atom. The number of fused-ring (bicyclic) bond motifs is 2. The van der Waals surface area contributed by atoms with Crippen LogP contribution < -0.4 is 15.0 Å². The number of hydrogen-bond donors (Lipinski definition) is 1. The first kappa shape index (κ1) is 18.0. The highest BCUT2D eigenvalue weighted by atomic mass is 35.5. The number of ether oxygens (including phenoxy) is 1. The Balaban J connectivity index is 1.83. The van der Waals surface area contributed by atoms with Crippen LogP contribution in [0, 0.1) is 12.7 Å². The van der Waals surface area contributed by atoms with Crippen LogP contribution in [0.4, 0.5) is 28.9 Å². The number of hydrogen-bond acceptors (Lipinski definition) is 3. The average Bonchev–Trinajstić information content (AvgIpc) is 3.00. The zero-order valence-electron chi connectivity index (χ0n) is 14.2. The van der Waals surface area contributed by atoms with Gasteiger partial charge >= 0.3 is 6.36 Å². The lowest BCUT2D eigenvalue weighted by Gasteiger charge is -2.31. The van der Waals surface area contributed by atoms with Crippen molar-refractivity contribution in [2.45, 2.75) is 25.2 Å². The molecule has 1 atom stereocenters. The molecular weight excluding hydrogens is 384 g/mol. The fourth-order valence-corrected chi connectivity index (χ4v) is 3.99. The maximum atomic E-state index is 13.5. The van der Waals surface area contributed by atoms with Gasteiger partial charge in [0.25, 0.3) is 0 Å². The first-order chi connectivity index (χ1) is 12.7. The van der Waals surface area contributed by atoms with Gasteiger partial charge in [-0.1, -0.05) is 23.7 Å². The highest BCUT2D eigenvalue weighted by molar-refractivity contribution is 6.25. The van der Waals surface area contributed by atoms with Crippen LogP contribution in [0.1, 0.15) is 17.5 Å². The standard InChI is InChI=1S/C19H15ClF4N2O/c1-10-9-11(21)5-6-14(10)26-8-7-13-17(26)12-3-2-4-15(27-19(22,23)24)16(12)25-18(13)20/h2-6,9,18,25H,7-8H2,1H3. The van der Waals surface area contributed by atoms with Crippen LogP contribution in [0.2, 0.25) is 0 Å². The monoisotopic (exact) mass is 398 g/mol. The fourth-order valence-electron chi connectivity index (χ4n) is 3.66. The summed E-state index contributed by atoms with van der Waals surface area (Å²) in [5, 5.41) is 2.91. The Bertz CT molecular complexity index is 942. The zero-order chi connectivity index (χ0) is 19.3. The Morgan fingerprint density at radius 3 is 2.70 bits per heavy atom. The molecule has 1 N–H and O–H groups in total. The van der Waals surface area contributed by atoms with Crippen molar-refractivity contribution in [1.82, 2.24) is 0 Å². The second-order valence-corrected chi connectivity index (χ2v) is 6.88. The predicted octanol–water partition coefficient (Wildman–Crippen LogP) is 5.64. The lowest BCUT2D eigenvalue weighted by atomic mass is 9.99. The molecule has 142 valence electrons. The maximum absolute atomic E-state index is 13.5. The van der Waals surface area contributed by atoms with E-state index in [2.05, 4.69) is 10.1 Å². The Labute approximate surface area is 158 Å². The molecule has 0 fully saturated rings. The first-order valence-electron chi connectivity index (χ1n) is 8.31. The molecule has 0 bridgehead atoms. The number of benzene rings is 2. The molecule has 27 heavy (non-hydrogen) atoms. The molecule has 2 heterocycles. The van der Waals surface area contributed by atoms with Gasteiger partial charge < -0.3 is 15.0 Å². The molecule has 0 amide bonds. The largest absolute Gasteiger partial charge is 0.573 e. The second-order valence-electron chi connectivity index (χ2n) is 6.44. The van der Waals surface area contributed by atoms with E-state index in [0.717, 1.165) is 22.5 Å². The van der Waals surface area contributed by atoms with Gasteiger partial charge in [-0.05, 0) is 48.7 Å². The number of nitrogens with zero attached hydrogens (tertiary/aromatic N) is 1. The van der Waals surface area contributed by atoms with Gasteiger partial charge in [0.2, 0.25) is 0 Å². The average molecular weight is 399 g/mol. The van der Waals surface area contributed by atoms with E-state index in [-0.39, 0.29) is 17.3 Å². The lowest BCUT2D eigenvalue weighted by molar-refractivity contribution is -0.274. The maximum Gasteiger partial charge on any atom is 0.573 e. The summed E-state index contributed by atoms with van der Waals surface area (Å²) in [6, 6.07) is 8.94. The van der Waals surface area contributed by atoms with Crippen molar-refractivity contribution in [3.63, 3.8) is 0 Å². The van der Waals surface area contributed by atoms with E-state index in [9.17, 15) is 17.6 Å². The highest BCUT2D eigenvalue weighted by Crippen LogP contribution is 2.48. The summed E-state index contributed by atoms with van der Waals surface area (Å²) in [5.74, 6) is -0.675. The van der Waals surface area contributed by atoms with Crippen LogP contribution in [-0.2, 0) is 0 Å². The summed E-state index contributed by atoms with van der Waals surface area (Å²) in [5.41, 5.74) is 3.27. The molecule has 1 unspecified atom stereocenters. The van der Waals surface area contributed by atoms with Gasteiger partial charge in [-0.3, -0.25) is 0 Å². The van der Waals surface area contributed by atoms with Crippen molar-refractivity contribution in [1.29, 1.82) is 0 Å². The van der Waals surface area contributed by atoms with Crippen LogP contribution in [0.15, 0.2) is 42.0 Å². The minimum Gasteiger partial charge on any atom is -0.404 e. The molecule has 3 nitrogen and oxygen atoms in total. The summed E-state index contributed by atoms with van der Waals surface area (Å²) >= 11 is 6.41. The SMILES string of the molecule is Cc1cc(F)ccc1N1CCC2=C1c1cccc(OC(F)(F)F)c1NC2Cl. The van der Waals surface area contributed by atoms with E-state index in [1.54, 1.807) is 19.1 Å². The predicted molar refractivity (Wildman–Crippen MR) is 96.4 cm³/mol. The second kappa shape index (κ2) is 6.34. The number of nitrogens with one attached hydrogen (secondary N) is 1. The van der Waals surface area contributed by atoms with E-state index in [4.69, 9.17) is 11.6 Å². The summed E-state index contributed by atoms with van der Waals surface area (Å²) in [6.45, 7) is 2.39. The molecule has 4 rings (SSSR count). The molecule has 2 aliphatic rings. The summed E-state index contributed by atoms with van der Waals surface area (Å²) in [4.78, 5) is 1.97. The molecule has 0 radical (unpaired) electrons. The number of para-hydroxylation sites is 1. The number of rotatable bonds is 2. The number of anilines is 2. The van der Waals surface area contributed by atoms with Gasteiger partial charge in [0, 0.05) is 17.8 Å². The summed E-state index contributed by atoms with van der Waals surface area (Å²) < 4.78 is 56.0. The van der Waals surface area contributed by atoms with E-state index in [0.29, 0.717) is 18.5 Å². The van der Waals surface area contributed by atoms with Gasteiger partial charge in [-0.25, -0.2) is 4.39 Å². The van der Waals surface area contributed by atoms with Crippen molar-refractivity contribution < 1.29 is 22.3 Å². The van der Waals surface area contributed by atoms with E-state index in [1.807, 2.05) is 4.90 Å². The third-order valence-corrected chi connectivity index (χ3v) is 5.09. The zero-order valence-corrected chi connectivity index (χ0v) is 15.0. The van der Waals surface area contributed by atoms with E-state index >= 15 is 0 Å². The van der Waals surface area contributed by atoms with Crippen molar-refractivity contribution in [3.05, 3.63) is 58.9 Å². The van der Waals surface area contributed by atoms with Crippen LogP contribution >= 0.6 is 11.6 Å². The Morgan fingerprint density at radius 2 is 2.00 bits per heavy atom. The Kier molecular flexibility index (Phi) is 4.22. The molecule has 0 saturated heterocycles. The molecule has 2 aromatic carbocycles. The number of alkyl halides is 4. The van der Waals surface area contributed by atoms with E-state index in [1.165, 1.54) is 24.3 Å². The Hall–Kier alpha value is -2.41. The molecular formula is C19H15ClF4N2O. The van der Waals surface area contributed by atoms with Crippen molar-refractivity contribution in [2.24, 2.45) is 0 Å². The number of halogens is 5. The van der Waals surface area contributed by atoms with Crippen molar-refractivity contribution >= 4 is 28.7 Å². The minimum atomic E-state index is -4.81. The molecule has 2 aromatic rings. The lowest BCUT2D eigenvalue weighted by Crippen LogP contribution is -2.26. The quantitative estimate of drug-likeness (QED) is 0.402. The third kappa shape index (κ3) is 3.20. The molecule has 0 spiro atoms. The van der Waals surface area contributed by atoms with Gasteiger partial charge in [-0.2, -0.15) is 0 Å². The van der Waals surface area contributed by atoms with Crippen LogP contribution in [0.25, 0.3) is 5.70 Å². The van der Waals surface area contributed by atoms with Crippen molar-refractivity contribution in [2.75, 3.05) is 16.8 Å². The summed E-state index contributed by atoms with van der Waals surface area (Å²) in [6.07, 6.45) is -4.16. The topological polar surface area (TPSA) is 24.5 Å². The molecule has 0 aromatic heterocycles.